The Labute approximate surface area is 215 Å². The summed E-state index contributed by atoms with van der Waals surface area (Å²) in [4.78, 5) is 28.1. The zero-order chi connectivity index (χ0) is 27.8. The summed E-state index contributed by atoms with van der Waals surface area (Å²) in [5, 5.41) is 17.1. The van der Waals surface area contributed by atoms with Gasteiger partial charge >= 0.3 is 12.2 Å². The highest BCUT2D eigenvalue weighted by molar-refractivity contribution is 6.23. The number of imide groups is 1. The highest BCUT2D eigenvalue weighted by Crippen LogP contribution is 2.37. The molecule has 12 heteroatoms. The molecule has 1 aliphatic heterocycles. The van der Waals surface area contributed by atoms with Crippen molar-refractivity contribution >= 4 is 17.6 Å². The Balaban J connectivity index is 1.48. The number of urea groups is 1. The number of alkyl halides is 3. The van der Waals surface area contributed by atoms with Crippen LogP contribution in [0.3, 0.4) is 0 Å². The van der Waals surface area contributed by atoms with Crippen molar-refractivity contribution < 1.29 is 27.2 Å². The number of allylic oxidation sites excluding steroid dienone is 1. The van der Waals surface area contributed by atoms with Crippen LogP contribution in [0.5, 0.6) is 0 Å². The lowest BCUT2D eigenvalue weighted by atomic mass is 10.0. The van der Waals surface area contributed by atoms with Gasteiger partial charge in [0.2, 0.25) is 0 Å². The van der Waals surface area contributed by atoms with Gasteiger partial charge in [-0.1, -0.05) is 17.4 Å². The van der Waals surface area contributed by atoms with E-state index in [1.165, 1.54) is 35.6 Å². The fraction of sp³-hybridized carbons (Fsp3) is 0.269. The van der Waals surface area contributed by atoms with Crippen LogP contribution in [-0.2, 0) is 17.5 Å². The van der Waals surface area contributed by atoms with Crippen molar-refractivity contribution in [2.45, 2.75) is 39.0 Å². The average molecular weight is 526 g/mol. The number of anilines is 1. The van der Waals surface area contributed by atoms with Gasteiger partial charge in [0.25, 0.3) is 5.91 Å². The molecular formula is C26H22F4N6O2. The Hall–Kier alpha value is -4.53. The number of hydrogen-bond donors (Lipinski definition) is 0. The van der Waals surface area contributed by atoms with Gasteiger partial charge in [-0.2, -0.15) is 18.4 Å². The van der Waals surface area contributed by atoms with E-state index in [4.69, 9.17) is 5.26 Å². The maximum absolute atomic E-state index is 13.5. The number of halogens is 4. The van der Waals surface area contributed by atoms with Crippen LogP contribution in [0.4, 0.5) is 28.0 Å². The molecule has 3 aromatic rings. The van der Waals surface area contributed by atoms with Crippen LogP contribution >= 0.6 is 0 Å². The highest BCUT2D eigenvalue weighted by Gasteiger charge is 2.51. The van der Waals surface area contributed by atoms with Crippen molar-refractivity contribution in [3.8, 4) is 17.3 Å². The first-order chi connectivity index (χ1) is 17.8. The predicted molar refractivity (Wildman–Crippen MR) is 129 cm³/mol. The van der Waals surface area contributed by atoms with Crippen molar-refractivity contribution in [1.29, 1.82) is 5.26 Å². The van der Waals surface area contributed by atoms with Crippen molar-refractivity contribution in [1.82, 2.24) is 19.9 Å². The molecule has 3 amide bonds. The van der Waals surface area contributed by atoms with Gasteiger partial charge in [0.15, 0.2) is 0 Å². The molecule has 0 radical (unpaired) electrons. The summed E-state index contributed by atoms with van der Waals surface area (Å²) in [6.45, 7) is 4.95. The molecule has 0 aliphatic carbocycles. The number of amides is 3. The number of nitriles is 1. The molecular weight excluding hydrogens is 504 g/mol. The minimum Gasteiger partial charge on any atom is -0.306 e. The molecule has 0 spiro atoms. The third kappa shape index (κ3) is 4.87. The fourth-order valence-corrected chi connectivity index (χ4v) is 4.06. The van der Waals surface area contributed by atoms with Gasteiger partial charge in [-0.15, -0.1) is 5.10 Å². The summed E-state index contributed by atoms with van der Waals surface area (Å²) in [5.74, 6) is -1.01. The molecule has 1 saturated heterocycles. The van der Waals surface area contributed by atoms with Crippen LogP contribution in [0.15, 0.2) is 54.7 Å². The topological polar surface area (TPSA) is 95.1 Å². The van der Waals surface area contributed by atoms with E-state index in [9.17, 15) is 27.2 Å². The van der Waals surface area contributed by atoms with Gasteiger partial charge < -0.3 is 4.90 Å². The molecule has 196 valence electrons. The van der Waals surface area contributed by atoms with E-state index in [0.29, 0.717) is 27.8 Å². The van der Waals surface area contributed by atoms with E-state index in [1.807, 2.05) is 0 Å². The van der Waals surface area contributed by atoms with E-state index in [1.54, 1.807) is 37.4 Å². The number of carbonyl (C=O) groups excluding carboxylic acids is 2. The number of benzene rings is 2. The van der Waals surface area contributed by atoms with Crippen LogP contribution in [0.1, 0.15) is 30.5 Å². The van der Waals surface area contributed by atoms with Gasteiger partial charge in [0.1, 0.15) is 17.1 Å². The summed E-state index contributed by atoms with van der Waals surface area (Å²) in [5.41, 5.74) is -1.68. The maximum atomic E-state index is 13.5. The maximum Gasteiger partial charge on any atom is 0.417 e. The van der Waals surface area contributed by atoms with Crippen LogP contribution in [0.2, 0.25) is 0 Å². The van der Waals surface area contributed by atoms with Crippen molar-refractivity contribution in [3.63, 3.8) is 0 Å². The molecule has 0 N–H and O–H groups in total. The minimum atomic E-state index is -4.83. The minimum absolute atomic E-state index is 0.00912. The molecule has 2 heterocycles. The number of aromatic nitrogens is 3. The standard InChI is InChI=1S/C26H22F4N6O2/c1-16-12-17(7-9-21(16)27)22-15-34(33-32-22)10-4-5-11-35-24(38)36(23(37)25(35,2)3)19-8-6-18(14-31)20(13-19)26(28,29)30/h4-9,12-13,15H,10-11H2,1-3H3/b5-4-. The largest absolute Gasteiger partial charge is 0.417 e. The second-order valence-electron chi connectivity index (χ2n) is 9.19. The second kappa shape index (κ2) is 9.74. The summed E-state index contributed by atoms with van der Waals surface area (Å²) >= 11 is 0. The van der Waals surface area contributed by atoms with Crippen molar-refractivity contribution in [3.05, 3.63) is 77.3 Å². The number of hydrogen-bond acceptors (Lipinski definition) is 5. The summed E-state index contributed by atoms with van der Waals surface area (Å²) in [7, 11) is 0. The number of nitrogens with zero attached hydrogens (tertiary/aromatic N) is 6. The van der Waals surface area contributed by atoms with E-state index in [-0.39, 0.29) is 24.6 Å². The molecule has 0 unspecified atom stereocenters. The molecule has 38 heavy (non-hydrogen) atoms. The monoisotopic (exact) mass is 526 g/mol. The second-order valence-corrected chi connectivity index (χ2v) is 9.19. The number of carbonyl (C=O) groups is 2. The number of rotatable bonds is 6. The molecule has 8 nitrogen and oxygen atoms in total. The van der Waals surface area contributed by atoms with Crippen molar-refractivity contribution in [2.75, 3.05) is 11.4 Å². The Bertz CT molecular complexity index is 1490. The van der Waals surface area contributed by atoms with E-state index in [2.05, 4.69) is 10.3 Å². The van der Waals surface area contributed by atoms with Gasteiger partial charge in [0.05, 0.1) is 35.6 Å². The first-order valence-electron chi connectivity index (χ1n) is 11.4. The fourth-order valence-electron chi connectivity index (χ4n) is 4.06. The zero-order valence-corrected chi connectivity index (χ0v) is 20.6. The summed E-state index contributed by atoms with van der Waals surface area (Å²) in [6.07, 6.45) is 0.187. The lowest BCUT2D eigenvalue weighted by molar-refractivity contribution is -0.137. The Morgan fingerprint density at radius 3 is 2.45 bits per heavy atom. The first-order valence-corrected chi connectivity index (χ1v) is 11.4. The van der Waals surface area contributed by atoms with Gasteiger partial charge in [-0.05, 0) is 62.7 Å². The normalized spacial score (nSPS) is 15.5. The number of aryl methyl sites for hydroxylation is 1. The summed E-state index contributed by atoms with van der Waals surface area (Å²) in [6, 6.07) is 8.02. The molecule has 1 aromatic heterocycles. The Kier molecular flexibility index (Phi) is 6.80. The SMILES string of the molecule is Cc1cc(-c2cn(C/C=C\CN3C(=O)N(c4ccc(C#N)c(C(F)(F)F)c4)C(=O)C3(C)C)nn2)ccc1F. The molecule has 2 aromatic carbocycles. The van der Waals surface area contributed by atoms with Gasteiger partial charge in [-0.3, -0.25) is 4.79 Å². The third-order valence-corrected chi connectivity index (χ3v) is 6.25. The lowest BCUT2D eigenvalue weighted by Gasteiger charge is -2.26. The average Bonchev–Trinajstić information content (AvgIpc) is 3.39. The Morgan fingerprint density at radius 2 is 1.79 bits per heavy atom. The molecule has 0 saturated carbocycles. The van der Waals surface area contributed by atoms with E-state index in [0.717, 1.165) is 12.1 Å². The third-order valence-electron chi connectivity index (χ3n) is 6.25. The summed E-state index contributed by atoms with van der Waals surface area (Å²) < 4.78 is 55.3. The highest BCUT2D eigenvalue weighted by atomic mass is 19.4. The quantitative estimate of drug-likeness (QED) is 0.253. The first kappa shape index (κ1) is 26.5. The molecule has 0 bridgehead atoms. The molecule has 0 atom stereocenters. The lowest BCUT2D eigenvalue weighted by Crippen LogP contribution is -2.44. The molecule has 1 fully saturated rings. The smallest absolute Gasteiger partial charge is 0.306 e. The van der Waals surface area contributed by atoms with Crippen LogP contribution < -0.4 is 4.90 Å². The molecule has 1 aliphatic rings. The van der Waals surface area contributed by atoms with Crippen molar-refractivity contribution in [2.24, 2.45) is 0 Å². The van der Waals surface area contributed by atoms with Crippen LogP contribution in [-0.4, -0.2) is 43.9 Å². The molecule has 4 rings (SSSR count). The van der Waals surface area contributed by atoms with Crippen LogP contribution in [0.25, 0.3) is 11.3 Å². The van der Waals surface area contributed by atoms with Crippen LogP contribution in [0, 0.1) is 24.1 Å². The van der Waals surface area contributed by atoms with Gasteiger partial charge in [-0.25, -0.2) is 18.8 Å². The van der Waals surface area contributed by atoms with E-state index < -0.39 is 34.8 Å². The predicted octanol–water partition coefficient (Wildman–Crippen LogP) is 5.09. The van der Waals surface area contributed by atoms with E-state index >= 15 is 0 Å². The Morgan fingerprint density at radius 1 is 1.08 bits per heavy atom. The van der Waals surface area contributed by atoms with Gasteiger partial charge in [0, 0.05) is 12.1 Å². The zero-order valence-electron chi connectivity index (χ0n) is 20.6.